The summed E-state index contributed by atoms with van der Waals surface area (Å²) in [4.78, 5) is 23.5. The second-order valence-electron chi connectivity index (χ2n) is 7.39. The van der Waals surface area contributed by atoms with E-state index in [9.17, 15) is 9.18 Å². The molecule has 3 heterocycles. The number of fused-ring (bicyclic) bond motifs is 2. The molecule has 2 fully saturated rings. The fraction of sp³-hybridized carbons (Fsp3) is 0.400. The van der Waals surface area contributed by atoms with E-state index in [1.54, 1.807) is 12.1 Å². The molecule has 1 aliphatic heterocycles. The monoisotopic (exact) mass is 369 g/mol. The quantitative estimate of drug-likeness (QED) is 0.754. The number of nitrogens with one attached hydrogen (secondary N) is 1. The van der Waals surface area contributed by atoms with Crippen molar-refractivity contribution in [2.75, 3.05) is 6.54 Å². The summed E-state index contributed by atoms with van der Waals surface area (Å²) in [5.74, 6) is 1.32. The Morgan fingerprint density at radius 2 is 2.04 bits per heavy atom. The summed E-state index contributed by atoms with van der Waals surface area (Å²) >= 11 is 1.41. The van der Waals surface area contributed by atoms with Gasteiger partial charge in [-0.05, 0) is 42.5 Å². The summed E-state index contributed by atoms with van der Waals surface area (Å²) in [6.45, 7) is 1.84. The Labute approximate surface area is 154 Å². The second kappa shape index (κ2) is 6.28. The number of likely N-dealkylation sites (tertiary alicyclic amines) is 1. The van der Waals surface area contributed by atoms with Crippen LogP contribution in [0.4, 0.5) is 4.39 Å². The molecule has 0 unspecified atom stereocenters. The first-order chi connectivity index (χ1) is 12.7. The molecular weight excluding hydrogens is 349 g/mol. The van der Waals surface area contributed by atoms with Gasteiger partial charge in [0.15, 0.2) is 0 Å². The van der Waals surface area contributed by atoms with Crippen LogP contribution in [0.2, 0.25) is 0 Å². The Bertz CT molecular complexity index is 1010. The molecule has 1 aromatic carbocycles. The van der Waals surface area contributed by atoms with Gasteiger partial charge in [0.25, 0.3) is 5.56 Å². The Morgan fingerprint density at radius 3 is 2.85 bits per heavy atom. The molecule has 1 N–H and O–H groups in total. The third kappa shape index (κ3) is 2.77. The van der Waals surface area contributed by atoms with Gasteiger partial charge in [-0.1, -0.05) is 25.0 Å². The summed E-state index contributed by atoms with van der Waals surface area (Å²) in [6.07, 6.45) is 5.28. The lowest BCUT2D eigenvalue weighted by molar-refractivity contribution is -0.0225. The fourth-order valence-electron chi connectivity index (χ4n) is 4.37. The Hall–Kier alpha value is -2.05. The molecule has 6 heteroatoms. The lowest BCUT2D eigenvalue weighted by atomic mass is 9.77. The molecule has 0 radical (unpaired) electrons. The van der Waals surface area contributed by atoms with E-state index in [-0.39, 0.29) is 11.4 Å². The van der Waals surface area contributed by atoms with Crippen LogP contribution in [-0.2, 0) is 6.54 Å². The average Bonchev–Trinajstić information content (AvgIpc) is 3.05. The van der Waals surface area contributed by atoms with E-state index in [0.29, 0.717) is 17.3 Å². The van der Waals surface area contributed by atoms with Crippen molar-refractivity contribution in [1.82, 2.24) is 14.9 Å². The van der Waals surface area contributed by atoms with Crippen molar-refractivity contribution in [3.05, 3.63) is 52.3 Å². The number of thiophene rings is 1. The highest BCUT2D eigenvalue weighted by molar-refractivity contribution is 7.22. The van der Waals surface area contributed by atoms with Gasteiger partial charge < -0.3 is 4.98 Å². The van der Waals surface area contributed by atoms with Crippen molar-refractivity contribution in [3.8, 4) is 10.4 Å². The van der Waals surface area contributed by atoms with Crippen LogP contribution in [0.25, 0.3) is 20.7 Å². The zero-order valence-corrected chi connectivity index (χ0v) is 15.2. The molecule has 4 nitrogen and oxygen atoms in total. The number of hydrogen-bond acceptors (Lipinski definition) is 4. The summed E-state index contributed by atoms with van der Waals surface area (Å²) in [7, 11) is 0. The first-order valence-electron chi connectivity index (χ1n) is 9.20. The molecule has 0 bridgehead atoms. The molecule has 0 amide bonds. The van der Waals surface area contributed by atoms with E-state index >= 15 is 0 Å². The van der Waals surface area contributed by atoms with E-state index in [1.807, 2.05) is 6.07 Å². The minimum atomic E-state index is -0.260. The number of nitrogens with zero attached hydrogens (tertiary/aromatic N) is 2. The number of halogens is 1. The molecule has 1 saturated carbocycles. The summed E-state index contributed by atoms with van der Waals surface area (Å²) < 4.78 is 13.8. The van der Waals surface area contributed by atoms with Gasteiger partial charge in [0.05, 0.1) is 12.1 Å². The minimum absolute atomic E-state index is 0.0796. The van der Waals surface area contributed by atoms with Crippen molar-refractivity contribution in [1.29, 1.82) is 0 Å². The van der Waals surface area contributed by atoms with Gasteiger partial charge in [-0.25, -0.2) is 9.37 Å². The zero-order valence-electron chi connectivity index (χ0n) is 14.4. The van der Waals surface area contributed by atoms with Crippen LogP contribution in [0, 0.1) is 11.7 Å². The maximum Gasteiger partial charge on any atom is 0.268 e. The van der Waals surface area contributed by atoms with E-state index in [1.165, 1.54) is 49.2 Å². The molecule has 5 rings (SSSR count). The SMILES string of the molecule is O=c1[nH]c(CN2C[C@@H]3CCCC[C@@H]32)nc2cc(-c3ccc(F)cc3)sc12. The fourth-order valence-corrected chi connectivity index (χ4v) is 5.37. The Balaban J connectivity index is 1.43. The number of benzene rings is 1. The van der Waals surface area contributed by atoms with Crippen LogP contribution in [0.1, 0.15) is 31.5 Å². The van der Waals surface area contributed by atoms with Gasteiger partial charge in [-0.15, -0.1) is 11.3 Å². The number of aromatic nitrogens is 2. The van der Waals surface area contributed by atoms with Crippen LogP contribution in [0.5, 0.6) is 0 Å². The highest BCUT2D eigenvalue weighted by atomic mass is 32.1. The summed E-state index contributed by atoms with van der Waals surface area (Å²) in [5, 5.41) is 0. The Kier molecular flexibility index (Phi) is 3.90. The predicted octanol–water partition coefficient (Wildman–Crippen LogP) is 4.17. The van der Waals surface area contributed by atoms with Crippen LogP contribution < -0.4 is 5.56 Å². The highest BCUT2D eigenvalue weighted by Gasteiger charge is 2.40. The third-order valence-corrected chi connectivity index (χ3v) is 6.89. The Morgan fingerprint density at radius 1 is 1.23 bits per heavy atom. The van der Waals surface area contributed by atoms with Crippen molar-refractivity contribution >= 4 is 21.6 Å². The molecule has 0 spiro atoms. The van der Waals surface area contributed by atoms with Gasteiger partial charge in [0.1, 0.15) is 16.3 Å². The molecule has 134 valence electrons. The average molecular weight is 369 g/mol. The molecule has 26 heavy (non-hydrogen) atoms. The van der Waals surface area contributed by atoms with Gasteiger partial charge in [-0.3, -0.25) is 9.69 Å². The highest BCUT2D eigenvalue weighted by Crippen LogP contribution is 2.38. The number of rotatable bonds is 3. The van der Waals surface area contributed by atoms with E-state index in [4.69, 9.17) is 4.98 Å². The molecule has 3 aromatic rings. The standard InChI is InChI=1S/C20H20FN3OS/c21-14-7-5-12(6-8-14)17-9-15-19(26-17)20(25)23-18(22-15)11-24-10-13-3-1-2-4-16(13)24/h5-9,13,16H,1-4,10-11H2,(H,22,23,25)/t13-,16-/m0/s1. The molecule has 1 aliphatic carbocycles. The van der Waals surface area contributed by atoms with Crippen LogP contribution in [-0.4, -0.2) is 27.5 Å². The molecule has 2 aliphatic rings. The van der Waals surface area contributed by atoms with Gasteiger partial charge in [-0.2, -0.15) is 0 Å². The molecule has 2 atom stereocenters. The van der Waals surface area contributed by atoms with Crippen LogP contribution in [0.15, 0.2) is 35.1 Å². The molecular formula is C20H20FN3OS. The lowest BCUT2D eigenvalue weighted by Crippen LogP contribution is -2.56. The van der Waals surface area contributed by atoms with Crippen molar-refractivity contribution < 1.29 is 4.39 Å². The van der Waals surface area contributed by atoms with E-state index in [2.05, 4.69) is 9.88 Å². The predicted molar refractivity (Wildman–Crippen MR) is 102 cm³/mol. The van der Waals surface area contributed by atoms with E-state index < -0.39 is 0 Å². The maximum atomic E-state index is 13.1. The summed E-state index contributed by atoms with van der Waals surface area (Å²) in [6, 6.07) is 8.95. The summed E-state index contributed by atoms with van der Waals surface area (Å²) in [5.41, 5.74) is 1.56. The van der Waals surface area contributed by atoms with Crippen molar-refractivity contribution in [3.63, 3.8) is 0 Å². The van der Waals surface area contributed by atoms with Gasteiger partial charge in [0.2, 0.25) is 0 Å². The lowest BCUT2D eigenvalue weighted by Gasteiger charge is -2.50. The number of H-pyrrole nitrogens is 1. The maximum absolute atomic E-state index is 13.1. The van der Waals surface area contributed by atoms with E-state index in [0.717, 1.165) is 34.2 Å². The normalized spacial score (nSPS) is 23.0. The molecule has 2 aromatic heterocycles. The third-order valence-electron chi connectivity index (χ3n) is 5.72. The van der Waals surface area contributed by atoms with Gasteiger partial charge in [0, 0.05) is 17.5 Å². The van der Waals surface area contributed by atoms with Crippen molar-refractivity contribution in [2.24, 2.45) is 5.92 Å². The first-order valence-corrected chi connectivity index (χ1v) is 10.0. The zero-order chi connectivity index (χ0) is 17.7. The largest absolute Gasteiger partial charge is 0.308 e. The van der Waals surface area contributed by atoms with Crippen molar-refractivity contribution in [2.45, 2.75) is 38.3 Å². The minimum Gasteiger partial charge on any atom is -0.308 e. The second-order valence-corrected chi connectivity index (χ2v) is 8.44. The van der Waals surface area contributed by atoms with Gasteiger partial charge >= 0.3 is 0 Å². The number of hydrogen-bond donors (Lipinski definition) is 1. The smallest absolute Gasteiger partial charge is 0.268 e. The topological polar surface area (TPSA) is 49.0 Å². The molecule has 1 saturated heterocycles. The first kappa shape index (κ1) is 16.1. The van der Waals surface area contributed by atoms with Crippen LogP contribution >= 0.6 is 11.3 Å². The van der Waals surface area contributed by atoms with Crippen LogP contribution in [0.3, 0.4) is 0 Å². The number of aromatic amines is 1.